The van der Waals surface area contributed by atoms with Gasteiger partial charge in [0, 0.05) is 6.42 Å². The number of aliphatic hydroxyl groups excluding tert-OH is 1. The maximum atomic E-state index is 8.51. The molecule has 0 unspecified atom stereocenters. The standard InChI is InChI=1S/C10H12N2O/c1-8-6-9(4-2-3-5-13)12-10(11)7-8/h6-7,13H,3,5H2,1H3,(H2,11,12). The number of anilines is 1. The van der Waals surface area contributed by atoms with Crippen molar-refractivity contribution in [1.82, 2.24) is 4.98 Å². The number of rotatable bonds is 1. The fourth-order valence-electron chi connectivity index (χ4n) is 0.967. The van der Waals surface area contributed by atoms with Gasteiger partial charge in [-0.3, -0.25) is 0 Å². The van der Waals surface area contributed by atoms with Crippen LogP contribution in [0.25, 0.3) is 0 Å². The summed E-state index contributed by atoms with van der Waals surface area (Å²) in [5, 5.41) is 8.51. The van der Waals surface area contributed by atoms with Crippen molar-refractivity contribution < 1.29 is 5.11 Å². The lowest BCUT2D eigenvalue weighted by Crippen LogP contribution is -1.93. The topological polar surface area (TPSA) is 59.1 Å². The molecule has 3 N–H and O–H groups in total. The molecule has 0 amide bonds. The first-order valence-electron chi connectivity index (χ1n) is 4.06. The predicted octanol–water partition coefficient (Wildman–Crippen LogP) is 0.706. The van der Waals surface area contributed by atoms with Gasteiger partial charge in [0.1, 0.15) is 11.5 Å². The summed E-state index contributed by atoms with van der Waals surface area (Å²) in [7, 11) is 0. The Morgan fingerprint density at radius 2 is 2.31 bits per heavy atom. The molecule has 3 nitrogen and oxygen atoms in total. The van der Waals surface area contributed by atoms with Crippen LogP contribution in [0.4, 0.5) is 5.82 Å². The lowest BCUT2D eigenvalue weighted by Gasteiger charge is -1.96. The van der Waals surface area contributed by atoms with Gasteiger partial charge in [0.05, 0.1) is 6.61 Å². The Balaban J connectivity index is 2.85. The van der Waals surface area contributed by atoms with Gasteiger partial charge in [-0.1, -0.05) is 5.92 Å². The largest absolute Gasteiger partial charge is 0.395 e. The molecule has 0 radical (unpaired) electrons. The zero-order valence-corrected chi connectivity index (χ0v) is 7.54. The minimum Gasteiger partial charge on any atom is -0.395 e. The van der Waals surface area contributed by atoms with E-state index in [4.69, 9.17) is 10.8 Å². The van der Waals surface area contributed by atoms with E-state index >= 15 is 0 Å². The number of hydrogen-bond donors (Lipinski definition) is 2. The first-order chi connectivity index (χ1) is 6.22. The summed E-state index contributed by atoms with van der Waals surface area (Å²) in [4.78, 5) is 4.03. The second-order valence-electron chi connectivity index (χ2n) is 2.73. The van der Waals surface area contributed by atoms with Crippen LogP contribution in [0.2, 0.25) is 0 Å². The second kappa shape index (κ2) is 4.48. The van der Waals surface area contributed by atoms with Crippen molar-refractivity contribution >= 4 is 5.82 Å². The Bertz CT molecular complexity index is 329. The quantitative estimate of drug-likeness (QED) is 0.619. The highest BCUT2D eigenvalue weighted by Gasteiger charge is 1.92. The summed E-state index contributed by atoms with van der Waals surface area (Å²) in [6.45, 7) is 2.02. The molecule has 1 heterocycles. The molecule has 68 valence electrons. The highest BCUT2D eigenvalue weighted by Crippen LogP contribution is 2.04. The van der Waals surface area contributed by atoms with Crippen LogP contribution in [0.3, 0.4) is 0 Å². The van der Waals surface area contributed by atoms with E-state index in [0.29, 0.717) is 17.9 Å². The smallest absolute Gasteiger partial charge is 0.125 e. The molecule has 0 aliphatic heterocycles. The lowest BCUT2D eigenvalue weighted by molar-refractivity contribution is 0.305. The van der Waals surface area contributed by atoms with E-state index in [9.17, 15) is 0 Å². The van der Waals surface area contributed by atoms with E-state index in [1.54, 1.807) is 6.07 Å². The average Bonchev–Trinajstić information content (AvgIpc) is 2.03. The van der Waals surface area contributed by atoms with Crippen LogP contribution in [0, 0.1) is 18.8 Å². The van der Waals surface area contributed by atoms with Gasteiger partial charge in [0.25, 0.3) is 0 Å². The molecule has 0 aromatic carbocycles. The fraction of sp³-hybridized carbons (Fsp3) is 0.300. The summed E-state index contributed by atoms with van der Waals surface area (Å²) in [6.07, 6.45) is 0.468. The Kier molecular flexibility index (Phi) is 3.30. The molecule has 0 aliphatic carbocycles. The Labute approximate surface area is 77.6 Å². The molecule has 0 saturated heterocycles. The lowest BCUT2D eigenvalue weighted by atomic mass is 10.2. The highest BCUT2D eigenvalue weighted by molar-refractivity contribution is 5.40. The molecule has 0 aliphatic rings. The number of hydrogen-bond acceptors (Lipinski definition) is 3. The number of aryl methyl sites for hydroxylation is 1. The number of aliphatic hydroxyl groups is 1. The van der Waals surface area contributed by atoms with Crippen molar-refractivity contribution in [1.29, 1.82) is 0 Å². The average molecular weight is 176 g/mol. The third-order valence-electron chi connectivity index (χ3n) is 1.44. The molecule has 3 heteroatoms. The van der Waals surface area contributed by atoms with Crippen molar-refractivity contribution in [2.24, 2.45) is 0 Å². The van der Waals surface area contributed by atoms with E-state index in [-0.39, 0.29) is 6.61 Å². The molecular weight excluding hydrogens is 164 g/mol. The highest BCUT2D eigenvalue weighted by atomic mass is 16.2. The number of pyridine rings is 1. The van der Waals surface area contributed by atoms with E-state index < -0.39 is 0 Å². The van der Waals surface area contributed by atoms with Crippen molar-refractivity contribution in [2.75, 3.05) is 12.3 Å². The van der Waals surface area contributed by atoms with Crippen LogP contribution in [0.5, 0.6) is 0 Å². The zero-order valence-electron chi connectivity index (χ0n) is 7.54. The summed E-state index contributed by atoms with van der Waals surface area (Å²) < 4.78 is 0. The fourth-order valence-corrected chi connectivity index (χ4v) is 0.967. The molecule has 0 bridgehead atoms. The van der Waals surface area contributed by atoms with E-state index in [1.165, 1.54) is 0 Å². The molecule has 0 spiro atoms. The molecule has 0 fully saturated rings. The molecule has 1 aromatic rings. The number of aromatic nitrogens is 1. The van der Waals surface area contributed by atoms with Gasteiger partial charge < -0.3 is 10.8 Å². The maximum absolute atomic E-state index is 8.51. The Morgan fingerprint density at radius 3 is 2.92 bits per heavy atom. The normalized spacial score (nSPS) is 9.08. The van der Waals surface area contributed by atoms with Gasteiger partial charge in [-0.05, 0) is 30.5 Å². The molecule has 13 heavy (non-hydrogen) atoms. The summed E-state index contributed by atoms with van der Waals surface area (Å²) in [6, 6.07) is 3.65. The number of nitrogen functional groups attached to an aromatic ring is 1. The SMILES string of the molecule is Cc1cc(N)nc(C#CCCO)c1. The summed E-state index contributed by atoms with van der Waals surface area (Å²) in [5.41, 5.74) is 7.24. The van der Waals surface area contributed by atoms with E-state index in [2.05, 4.69) is 16.8 Å². The van der Waals surface area contributed by atoms with Crippen LogP contribution < -0.4 is 5.73 Å². The van der Waals surface area contributed by atoms with Crippen LogP contribution in [-0.2, 0) is 0 Å². The third kappa shape index (κ3) is 3.14. The first-order valence-corrected chi connectivity index (χ1v) is 4.06. The van der Waals surface area contributed by atoms with Gasteiger partial charge in [0.2, 0.25) is 0 Å². The molecule has 0 atom stereocenters. The van der Waals surface area contributed by atoms with Crippen LogP contribution in [0.15, 0.2) is 12.1 Å². The van der Waals surface area contributed by atoms with E-state index in [0.717, 1.165) is 5.56 Å². The first kappa shape index (κ1) is 9.56. The number of nitrogens with two attached hydrogens (primary N) is 1. The monoisotopic (exact) mass is 176 g/mol. The van der Waals surface area contributed by atoms with Crippen molar-refractivity contribution in [3.05, 3.63) is 23.4 Å². The number of nitrogens with zero attached hydrogens (tertiary/aromatic N) is 1. The minimum absolute atomic E-state index is 0.0777. The third-order valence-corrected chi connectivity index (χ3v) is 1.44. The Morgan fingerprint density at radius 1 is 1.54 bits per heavy atom. The predicted molar refractivity (Wildman–Crippen MR) is 52.0 cm³/mol. The molecule has 0 saturated carbocycles. The van der Waals surface area contributed by atoms with Crippen molar-refractivity contribution in [3.8, 4) is 11.8 Å². The van der Waals surface area contributed by atoms with Gasteiger partial charge in [-0.25, -0.2) is 4.98 Å². The molecule has 1 rings (SSSR count). The van der Waals surface area contributed by atoms with Gasteiger partial charge >= 0.3 is 0 Å². The second-order valence-corrected chi connectivity index (χ2v) is 2.73. The maximum Gasteiger partial charge on any atom is 0.125 e. The molecular formula is C10H12N2O. The van der Waals surface area contributed by atoms with Crippen molar-refractivity contribution in [3.63, 3.8) is 0 Å². The van der Waals surface area contributed by atoms with Gasteiger partial charge in [-0.15, -0.1) is 0 Å². The van der Waals surface area contributed by atoms with Gasteiger partial charge in [0.15, 0.2) is 0 Å². The Hall–Kier alpha value is -1.53. The minimum atomic E-state index is 0.0777. The molecule has 1 aromatic heterocycles. The van der Waals surface area contributed by atoms with Crippen LogP contribution >= 0.6 is 0 Å². The van der Waals surface area contributed by atoms with Gasteiger partial charge in [-0.2, -0.15) is 0 Å². The summed E-state index contributed by atoms with van der Waals surface area (Å²) >= 11 is 0. The summed E-state index contributed by atoms with van der Waals surface area (Å²) in [5.74, 6) is 6.09. The van der Waals surface area contributed by atoms with Crippen LogP contribution in [0.1, 0.15) is 17.7 Å². The van der Waals surface area contributed by atoms with Crippen LogP contribution in [-0.4, -0.2) is 16.7 Å². The zero-order chi connectivity index (χ0) is 9.68. The van der Waals surface area contributed by atoms with E-state index in [1.807, 2.05) is 13.0 Å². The van der Waals surface area contributed by atoms with Crippen molar-refractivity contribution in [2.45, 2.75) is 13.3 Å².